The van der Waals surface area contributed by atoms with Gasteiger partial charge < -0.3 is 4.90 Å². The summed E-state index contributed by atoms with van der Waals surface area (Å²) < 4.78 is 69.7. The van der Waals surface area contributed by atoms with Crippen LogP contribution in [0.4, 0.5) is 19.0 Å². The Hall–Kier alpha value is -2.26. The molecule has 0 aliphatic carbocycles. The molecule has 1 aromatic heterocycles. The number of nitrogens with zero attached hydrogens (tertiary/aromatic N) is 3. The number of aryl methyl sites for hydroxylation is 1. The van der Waals surface area contributed by atoms with Gasteiger partial charge in [0.05, 0.1) is 33.4 Å². The largest absolute Gasteiger partial charge is 0.342 e. The van der Waals surface area contributed by atoms with Crippen LogP contribution in [0.3, 0.4) is 0 Å². The van der Waals surface area contributed by atoms with E-state index in [9.17, 15) is 21.6 Å². The first kappa shape index (κ1) is 21.0. The molecule has 0 bridgehead atoms. The maximum Gasteiger partial charge on any atom is 0.283 e. The average molecular weight is 458 g/mol. The van der Waals surface area contributed by atoms with Gasteiger partial charge in [-0.1, -0.05) is 35.4 Å². The van der Waals surface area contributed by atoms with Gasteiger partial charge in [-0.05, 0) is 38.1 Å². The summed E-state index contributed by atoms with van der Waals surface area (Å²) in [5, 5.41) is 4.51. The van der Waals surface area contributed by atoms with Crippen molar-refractivity contribution in [3.8, 4) is 0 Å². The standard InChI is InChI=1S/C20H19ClF3N3O2S/c1-12-6-8-14(9-7-12)30(28,29)27-16-5-3-4-15(21)18(16)19(25-27)26-11-20(23,24)10-17(26)13(2)22/h3-9,13,17H,10-11H2,1-2H3/t13?,17-/m1/s1. The van der Waals surface area contributed by atoms with Gasteiger partial charge in [0.2, 0.25) is 0 Å². The maximum atomic E-state index is 14.2. The fraction of sp³-hybridized carbons (Fsp3) is 0.350. The van der Waals surface area contributed by atoms with Crippen LogP contribution in [0.1, 0.15) is 18.9 Å². The Balaban J connectivity index is 1.95. The monoisotopic (exact) mass is 457 g/mol. The maximum absolute atomic E-state index is 14.2. The normalized spacial score (nSPS) is 20.1. The van der Waals surface area contributed by atoms with Crippen LogP contribution in [-0.4, -0.2) is 42.3 Å². The lowest BCUT2D eigenvalue weighted by Crippen LogP contribution is -2.36. The van der Waals surface area contributed by atoms with E-state index >= 15 is 0 Å². The molecule has 0 radical (unpaired) electrons. The molecule has 0 spiro atoms. The van der Waals surface area contributed by atoms with Gasteiger partial charge in [0.1, 0.15) is 6.17 Å². The van der Waals surface area contributed by atoms with Crippen LogP contribution in [-0.2, 0) is 10.0 Å². The third-order valence-electron chi connectivity index (χ3n) is 5.27. The smallest absolute Gasteiger partial charge is 0.283 e. The van der Waals surface area contributed by atoms with E-state index in [-0.39, 0.29) is 26.6 Å². The van der Waals surface area contributed by atoms with Gasteiger partial charge in [0.25, 0.3) is 15.9 Å². The van der Waals surface area contributed by atoms with Crippen molar-refractivity contribution >= 4 is 38.3 Å². The second kappa shape index (κ2) is 7.16. The SMILES string of the molecule is Cc1ccc(S(=O)(=O)n2nc(N3CC(F)(F)C[C@@H]3C(C)F)c3c(Cl)cccc32)cc1. The highest BCUT2D eigenvalue weighted by atomic mass is 35.5. The number of anilines is 1. The van der Waals surface area contributed by atoms with Gasteiger partial charge in [-0.2, -0.15) is 12.5 Å². The Morgan fingerprint density at radius 2 is 1.87 bits per heavy atom. The topological polar surface area (TPSA) is 55.2 Å². The lowest BCUT2D eigenvalue weighted by Gasteiger charge is -2.25. The predicted molar refractivity (Wildman–Crippen MR) is 110 cm³/mol. The van der Waals surface area contributed by atoms with E-state index in [0.717, 1.165) is 14.6 Å². The first-order valence-corrected chi connectivity index (χ1v) is 11.1. The Kier molecular flexibility index (Phi) is 5.01. The zero-order valence-electron chi connectivity index (χ0n) is 16.2. The van der Waals surface area contributed by atoms with E-state index < -0.39 is 41.1 Å². The van der Waals surface area contributed by atoms with Gasteiger partial charge in [-0.3, -0.25) is 0 Å². The predicted octanol–water partition coefficient (Wildman–Crippen LogP) is 4.81. The van der Waals surface area contributed by atoms with Crippen molar-refractivity contribution in [1.82, 2.24) is 9.19 Å². The quantitative estimate of drug-likeness (QED) is 0.564. The van der Waals surface area contributed by atoms with Gasteiger partial charge in [0, 0.05) is 6.42 Å². The Bertz CT molecular complexity index is 1210. The highest BCUT2D eigenvalue weighted by Crippen LogP contribution is 2.42. The highest BCUT2D eigenvalue weighted by molar-refractivity contribution is 7.90. The van der Waals surface area contributed by atoms with Crippen LogP contribution >= 0.6 is 11.6 Å². The van der Waals surface area contributed by atoms with Crippen molar-refractivity contribution in [2.24, 2.45) is 0 Å². The van der Waals surface area contributed by atoms with Crippen LogP contribution < -0.4 is 4.90 Å². The molecule has 2 aromatic carbocycles. The molecule has 0 N–H and O–H groups in total. The number of benzene rings is 2. The van der Waals surface area contributed by atoms with Gasteiger partial charge in [0.15, 0.2) is 5.82 Å². The van der Waals surface area contributed by atoms with E-state index in [1.807, 2.05) is 6.92 Å². The van der Waals surface area contributed by atoms with Crippen molar-refractivity contribution < 1.29 is 21.6 Å². The minimum atomic E-state index is -4.14. The molecule has 1 unspecified atom stereocenters. The average Bonchev–Trinajstić information content (AvgIpc) is 3.21. The Morgan fingerprint density at radius 1 is 1.20 bits per heavy atom. The number of fused-ring (bicyclic) bond motifs is 1. The number of rotatable bonds is 4. The molecule has 3 aromatic rings. The Labute approximate surface area is 177 Å². The molecule has 2 heterocycles. The van der Waals surface area contributed by atoms with E-state index in [1.54, 1.807) is 18.2 Å². The summed E-state index contributed by atoms with van der Waals surface area (Å²) in [6.07, 6.45) is -2.26. The summed E-state index contributed by atoms with van der Waals surface area (Å²) in [5.41, 5.74) is 1.01. The minimum absolute atomic E-state index is 0.00816. The number of alkyl halides is 3. The van der Waals surface area contributed by atoms with Gasteiger partial charge >= 0.3 is 0 Å². The molecule has 10 heteroatoms. The summed E-state index contributed by atoms with van der Waals surface area (Å²) in [5.74, 6) is -3.20. The first-order chi connectivity index (χ1) is 14.0. The van der Waals surface area contributed by atoms with Crippen molar-refractivity contribution in [3.05, 3.63) is 53.1 Å². The molecule has 1 aliphatic rings. The summed E-state index contributed by atoms with van der Waals surface area (Å²) in [4.78, 5) is 1.12. The molecular formula is C20H19ClF3N3O2S. The summed E-state index contributed by atoms with van der Waals surface area (Å²) in [6.45, 7) is 2.25. The Morgan fingerprint density at radius 3 is 2.50 bits per heavy atom. The molecule has 160 valence electrons. The zero-order valence-corrected chi connectivity index (χ0v) is 17.8. The second-order valence-electron chi connectivity index (χ2n) is 7.55. The van der Waals surface area contributed by atoms with Crippen LogP contribution in [0, 0.1) is 6.92 Å². The first-order valence-electron chi connectivity index (χ1n) is 9.29. The van der Waals surface area contributed by atoms with Crippen molar-refractivity contribution in [2.45, 2.75) is 43.3 Å². The van der Waals surface area contributed by atoms with E-state index in [4.69, 9.17) is 11.6 Å². The van der Waals surface area contributed by atoms with Crippen LogP contribution in [0.15, 0.2) is 47.4 Å². The number of hydrogen-bond acceptors (Lipinski definition) is 4. The molecule has 2 atom stereocenters. The van der Waals surface area contributed by atoms with Gasteiger partial charge in [-0.15, -0.1) is 5.10 Å². The van der Waals surface area contributed by atoms with E-state index in [2.05, 4.69) is 5.10 Å². The molecular weight excluding hydrogens is 439 g/mol. The molecule has 0 amide bonds. The number of hydrogen-bond donors (Lipinski definition) is 0. The van der Waals surface area contributed by atoms with E-state index in [1.165, 1.54) is 31.2 Å². The fourth-order valence-electron chi connectivity index (χ4n) is 3.77. The molecule has 1 saturated heterocycles. The third kappa shape index (κ3) is 3.43. The lowest BCUT2D eigenvalue weighted by atomic mass is 10.1. The minimum Gasteiger partial charge on any atom is -0.342 e. The zero-order chi connectivity index (χ0) is 21.8. The summed E-state index contributed by atoms with van der Waals surface area (Å²) in [7, 11) is -4.14. The van der Waals surface area contributed by atoms with Crippen LogP contribution in [0.25, 0.3) is 10.9 Å². The van der Waals surface area contributed by atoms with Gasteiger partial charge in [-0.25, -0.2) is 13.2 Å². The fourth-order valence-corrected chi connectivity index (χ4v) is 5.30. The molecule has 1 aliphatic heterocycles. The van der Waals surface area contributed by atoms with E-state index in [0.29, 0.717) is 0 Å². The molecule has 4 rings (SSSR count). The highest BCUT2D eigenvalue weighted by Gasteiger charge is 2.49. The molecule has 30 heavy (non-hydrogen) atoms. The summed E-state index contributed by atoms with van der Waals surface area (Å²) in [6, 6.07) is 9.58. The van der Waals surface area contributed by atoms with Crippen molar-refractivity contribution in [3.63, 3.8) is 0 Å². The number of halogens is 4. The van der Waals surface area contributed by atoms with Crippen molar-refractivity contribution in [1.29, 1.82) is 0 Å². The van der Waals surface area contributed by atoms with Crippen molar-refractivity contribution in [2.75, 3.05) is 11.4 Å². The number of aromatic nitrogens is 2. The third-order valence-corrected chi connectivity index (χ3v) is 7.18. The van der Waals surface area contributed by atoms with Crippen LogP contribution in [0.2, 0.25) is 5.02 Å². The van der Waals surface area contributed by atoms with Crippen LogP contribution in [0.5, 0.6) is 0 Å². The molecule has 0 saturated carbocycles. The molecule has 5 nitrogen and oxygen atoms in total. The second-order valence-corrected chi connectivity index (χ2v) is 9.73. The summed E-state index contributed by atoms with van der Waals surface area (Å²) >= 11 is 6.31. The molecule has 1 fully saturated rings. The lowest BCUT2D eigenvalue weighted by molar-refractivity contribution is 0.0195.